The Morgan fingerprint density at radius 2 is 2.05 bits per heavy atom. The Labute approximate surface area is 112 Å². The Balaban J connectivity index is 2.63. The van der Waals surface area contributed by atoms with E-state index in [-0.39, 0.29) is 5.54 Å². The number of nitriles is 1. The van der Waals surface area contributed by atoms with E-state index >= 15 is 0 Å². The molecule has 0 radical (unpaired) electrons. The predicted molar refractivity (Wildman–Crippen MR) is 73.1 cm³/mol. The average molecular weight is 255 g/mol. The third kappa shape index (κ3) is 2.49. The molecular weight excluding hydrogens is 238 g/mol. The Kier molecular flexibility index (Phi) is 3.36. The van der Waals surface area contributed by atoms with Gasteiger partial charge in [-0.25, -0.2) is 0 Å². The maximum atomic E-state index is 8.98. The molecule has 0 saturated carbocycles. The first-order chi connectivity index (χ1) is 8.97. The molecule has 0 spiro atoms. The minimum Gasteiger partial charge on any atom is -0.324 e. The summed E-state index contributed by atoms with van der Waals surface area (Å²) in [5, 5.41) is 17.3. The average Bonchev–Trinajstić information content (AvgIpc) is 2.82. The van der Waals surface area contributed by atoms with Crippen LogP contribution >= 0.6 is 0 Å². The minimum atomic E-state index is -0.170. The molecule has 2 rings (SSSR count). The van der Waals surface area contributed by atoms with Crippen molar-refractivity contribution in [1.29, 1.82) is 5.26 Å². The van der Waals surface area contributed by atoms with Gasteiger partial charge in [0, 0.05) is 11.1 Å². The molecule has 0 atom stereocenters. The van der Waals surface area contributed by atoms with Crippen LogP contribution in [-0.2, 0) is 12.1 Å². The van der Waals surface area contributed by atoms with Gasteiger partial charge in [0.15, 0.2) is 5.82 Å². The summed E-state index contributed by atoms with van der Waals surface area (Å²) in [5.41, 5.74) is 7.03. The van der Waals surface area contributed by atoms with E-state index in [9.17, 15) is 0 Å². The number of hydrogen-bond acceptors (Lipinski definition) is 4. The van der Waals surface area contributed by atoms with Crippen LogP contribution in [0, 0.1) is 11.3 Å². The zero-order chi connectivity index (χ0) is 14.0. The van der Waals surface area contributed by atoms with Crippen LogP contribution in [0.3, 0.4) is 0 Å². The van der Waals surface area contributed by atoms with Gasteiger partial charge in [-0.2, -0.15) is 5.26 Å². The molecular formula is C14H17N5. The van der Waals surface area contributed by atoms with Crippen LogP contribution in [0.25, 0.3) is 11.4 Å². The second kappa shape index (κ2) is 4.82. The van der Waals surface area contributed by atoms with E-state index in [0.29, 0.717) is 12.1 Å². The molecule has 0 aliphatic rings. The lowest BCUT2D eigenvalue weighted by Gasteiger charge is -2.24. The summed E-state index contributed by atoms with van der Waals surface area (Å²) in [6.45, 7) is 6.57. The summed E-state index contributed by atoms with van der Waals surface area (Å²) >= 11 is 0. The summed E-state index contributed by atoms with van der Waals surface area (Å²) < 4.78 is 2.02. The number of hydrogen-bond donors (Lipinski definition) is 1. The quantitative estimate of drug-likeness (QED) is 0.890. The highest BCUT2D eigenvalue weighted by atomic mass is 15.3. The second-order valence-electron chi connectivity index (χ2n) is 5.34. The highest BCUT2D eigenvalue weighted by molar-refractivity contribution is 5.58. The van der Waals surface area contributed by atoms with Crippen molar-refractivity contribution in [2.75, 3.05) is 0 Å². The third-order valence-corrected chi connectivity index (χ3v) is 2.83. The van der Waals surface area contributed by atoms with Crippen LogP contribution in [0.2, 0.25) is 0 Å². The van der Waals surface area contributed by atoms with Gasteiger partial charge in [-0.05, 0) is 32.9 Å². The van der Waals surface area contributed by atoms with E-state index in [1.165, 1.54) is 0 Å². The van der Waals surface area contributed by atoms with Crippen LogP contribution in [0.4, 0.5) is 0 Å². The maximum Gasteiger partial charge on any atom is 0.164 e. The van der Waals surface area contributed by atoms with Crippen LogP contribution in [0.1, 0.15) is 32.2 Å². The highest BCUT2D eigenvalue weighted by Gasteiger charge is 2.23. The zero-order valence-electron chi connectivity index (χ0n) is 11.4. The minimum absolute atomic E-state index is 0.170. The van der Waals surface area contributed by atoms with Gasteiger partial charge >= 0.3 is 0 Å². The summed E-state index contributed by atoms with van der Waals surface area (Å²) in [4.78, 5) is 0. The van der Waals surface area contributed by atoms with Crippen LogP contribution in [0.15, 0.2) is 24.3 Å². The van der Waals surface area contributed by atoms with Gasteiger partial charge in [0.1, 0.15) is 5.82 Å². The molecule has 0 amide bonds. The lowest BCUT2D eigenvalue weighted by molar-refractivity contribution is 0.386. The fraction of sp³-hybridized carbons (Fsp3) is 0.357. The SMILES string of the molecule is CC(C)(C)n1c(CN)nnc1-c1cccc(C#N)c1. The maximum absolute atomic E-state index is 8.98. The van der Waals surface area contributed by atoms with Gasteiger partial charge in [0.2, 0.25) is 0 Å². The molecule has 0 aliphatic heterocycles. The van der Waals surface area contributed by atoms with Gasteiger partial charge < -0.3 is 10.3 Å². The topological polar surface area (TPSA) is 80.5 Å². The Morgan fingerprint density at radius 3 is 2.63 bits per heavy atom. The lowest BCUT2D eigenvalue weighted by atomic mass is 10.1. The Morgan fingerprint density at radius 1 is 1.32 bits per heavy atom. The van der Waals surface area contributed by atoms with Gasteiger partial charge in [-0.3, -0.25) is 0 Å². The van der Waals surface area contributed by atoms with Crippen LogP contribution in [-0.4, -0.2) is 14.8 Å². The predicted octanol–water partition coefficient (Wildman–Crippen LogP) is 2.03. The van der Waals surface area contributed by atoms with Crippen molar-refractivity contribution in [2.24, 2.45) is 5.73 Å². The largest absolute Gasteiger partial charge is 0.324 e. The Bertz CT molecular complexity index is 628. The van der Waals surface area contributed by atoms with Crippen molar-refractivity contribution in [2.45, 2.75) is 32.9 Å². The monoisotopic (exact) mass is 255 g/mol. The molecule has 0 fully saturated rings. The van der Waals surface area contributed by atoms with Gasteiger partial charge in [0.05, 0.1) is 18.2 Å². The smallest absolute Gasteiger partial charge is 0.164 e. The summed E-state index contributed by atoms with van der Waals surface area (Å²) in [6, 6.07) is 9.48. The molecule has 1 heterocycles. The first-order valence-corrected chi connectivity index (χ1v) is 6.12. The summed E-state index contributed by atoms with van der Waals surface area (Å²) in [5.74, 6) is 1.48. The molecule has 1 aromatic heterocycles. The fourth-order valence-corrected chi connectivity index (χ4v) is 2.07. The molecule has 98 valence electrons. The molecule has 0 saturated heterocycles. The van der Waals surface area contributed by atoms with Crippen molar-refractivity contribution >= 4 is 0 Å². The Hall–Kier alpha value is -2.19. The molecule has 2 aromatic rings. The van der Waals surface area contributed by atoms with Crippen molar-refractivity contribution < 1.29 is 0 Å². The van der Waals surface area contributed by atoms with E-state index < -0.39 is 0 Å². The molecule has 2 N–H and O–H groups in total. The van der Waals surface area contributed by atoms with Crippen molar-refractivity contribution in [3.8, 4) is 17.5 Å². The molecule has 5 nitrogen and oxygen atoms in total. The molecule has 0 aliphatic carbocycles. The summed E-state index contributed by atoms with van der Waals surface area (Å²) in [7, 11) is 0. The molecule has 19 heavy (non-hydrogen) atoms. The van der Waals surface area contributed by atoms with Gasteiger partial charge in [-0.1, -0.05) is 12.1 Å². The number of benzene rings is 1. The highest BCUT2D eigenvalue weighted by Crippen LogP contribution is 2.26. The number of nitrogens with two attached hydrogens (primary N) is 1. The van der Waals surface area contributed by atoms with E-state index in [2.05, 4.69) is 37.0 Å². The standard InChI is InChI=1S/C14H17N5/c1-14(2,3)19-12(9-16)17-18-13(19)11-6-4-5-10(7-11)8-15/h4-7H,9,16H2,1-3H3. The first-order valence-electron chi connectivity index (χ1n) is 6.12. The van der Waals surface area contributed by atoms with Crippen molar-refractivity contribution in [3.05, 3.63) is 35.7 Å². The fourth-order valence-electron chi connectivity index (χ4n) is 2.07. The molecule has 0 bridgehead atoms. The normalized spacial score (nSPS) is 11.3. The number of nitrogens with zero attached hydrogens (tertiary/aromatic N) is 4. The van der Waals surface area contributed by atoms with E-state index in [0.717, 1.165) is 17.2 Å². The number of aromatic nitrogens is 3. The van der Waals surface area contributed by atoms with Crippen molar-refractivity contribution in [1.82, 2.24) is 14.8 Å². The van der Waals surface area contributed by atoms with E-state index in [1.54, 1.807) is 6.07 Å². The molecule has 1 aromatic carbocycles. The van der Waals surface area contributed by atoms with Crippen molar-refractivity contribution in [3.63, 3.8) is 0 Å². The van der Waals surface area contributed by atoms with Crippen LogP contribution < -0.4 is 5.73 Å². The third-order valence-electron chi connectivity index (χ3n) is 2.83. The van der Waals surface area contributed by atoms with Gasteiger partial charge in [0.25, 0.3) is 0 Å². The van der Waals surface area contributed by atoms with E-state index in [4.69, 9.17) is 11.0 Å². The van der Waals surface area contributed by atoms with Crippen LogP contribution in [0.5, 0.6) is 0 Å². The van der Waals surface area contributed by atoms with Gasteiger partial charge in [-0.15, -0.1) is 10.2 Å². The summed E-state index contributed by atoms with van der Waals surface area (Å²) in [6.07, 6.45) is 0. The molecule has 0 unspecified atom stereocenters. The first kappa shape index (κ1) is 13.2. The molecule has 5 heteroatoms. The zero-order valence-corrected chi connectivity index (χ0v) is 11.4. The van der Waals surface area contributed by atoms with E-state index in [1.807, 2.05) is 22.8 Å². The number of rotatable bonds is 2. The lowest BCUT2D eigenvalue weighted by Crippen LogP contribution is -2.26. The second-order valence-corrected chi connectivity index (χ2v) is 5.34.